The summed E-state index contributed by atoms with van der Waals surface area (Å²) in [4.78, 5) is 29.1. The van der Waals surface area contributed by atoms with Crippen molar-refractivity contribution in [2.24, 2.45) is 11.8 Å². The summed E-state index contributed by atoms with van der Waals surface area (Å²) in [5, 5.41) is 5.71. The van der Waals surface area contributed by atoms with Crippen LogP contribution in [0.25, 0.3) is 0 Å². The Balaban J connectivity index is 1.26. The molecule has 1 aromatic heterocycles. The van der Waals surface area contributed by atoms with Gasteiger partial charge in [-0.15, -0.1) is 11.3 Å². The molecule has 1 spiro atoms. The first-order valence-corrected chi connectivity index (χ1v) is 11.0. The average molecular weight is 429 g/mol. The van der Waals surface area contributed by atoms with Crippen LogP contribution in [0.2, 0.25) is 5.02 Å². The van der Waals surface area contributed by atoms with Crippen molar-refractivity contribution in [3.8, 4) is 0 Å². The van der Waals surface area contributed by atoms with Crippen LogP contribution < -0.4 is 5.32 Å². The molecule has 5 nitrogen and oxygen atoms in total. The number of nitrogens with zero attached hydrogens (tertiary/aromatic N) is 1. The van der Waals surface area contributed by atoms with Gasteiger partial charge in [0.15, 0.2) is 0 Å². The summed E-state index contributed by atoms with van der Waals surface area (Å²) >= 11 is 7.55. The highest BCUT2D eigenvalue weighted by Gasteiger charge is 2.66. The maximum absolute atomic E-state index is 13.2. The molecule has 5 rings (SSSR count). The van der Waals surface area contributed by atoms with E-state index in [1.54, 1.807) is 11.3 Å². The Bertz CT molecular complexity index is 959. The van der Waals surface area contributed by atoms with Crippen molar-refractivity contribution in [2.45, 2.75) is 24.7 Å². The van der Waals surface area contributed by atoms with Crippen LogP contribution in [0.4, 0.5) is 0 Å². The number of ether oxygens (including phenoxy) is 1. The molecule has 2 fully saturated rings. The molecule has 4 heterocycles. The molecule has 4 atom stereocenters. The number of amides is 2. The van der Waals surface area contributed by atoms with Crippen LogP contribution >= 0.6 is 22.9 Å². The van der Waals surface area contributed by atoms with Crippen LogP contribution in [0.5, 0.6) is 0 Å². The van der Waals surface area contributed by atoms with Gasteiger partial charge in [-0.3, -0.25) is 9.59 Å². The standard InChI is InChI=1S/C22H21ClN2O3S/c23-15-5-3-14(4-6-15)8-10-24-20(26)18-17-7-9-22(28-17)13-25(21(27)19(18)22)12-16-2-1-11-29-16/h1-7,9,11,17-19H,8,10,12-13H2,(H,24,26)/t17-,18+,19-,22-/m1/s1. The van der Waals surface area contributed by atoms with E-state index in [1.807, 2.05) is 58.8 Å². The third-order valence-corrected chi connectivity index (χ3v) is 7.15. The maximum atomic E-state index is 13.2. The van der Waals surface area contributed by atoms with E-state index in [9.17, 15) is 9.59 Å². The second kappa shape index (κ2) is 7.27. The molecule has 1 aromatic carbocycles. The van der Waals surface area contributed by atoms with E-state index in [2.05, 4.69) is 5.32 Å². The number of fused-ring (bicyclic) bond motifs is 1. The summed E-state index contributed by atoms with van der Waals surface area (Å²) < 4.78 is 6.17. The molecule has 29 heavy (non-hydrogen) atoms. The Morgan fingerprint density at radius 1 is 1.31 bits per heavy atom. The fourth-order valence-corrected chi connectivity index (χ4v) is 5.55. The first-order chi connectivity index (χ1) is 14.1. The number of likely N-dealkylation sites (tertiary alicyclic amines) is 1. The fourth-order valence-electron chi connectivity index (χ4n) is 4.70. The number of hydrogen-bond acceptors (Lipinski definition) is 4. The third kappa shape index (κ3) is 3.29. The van der Waals surface area contributed by atoms with Gasteiger partial charge in [-0.2, -0.15) is 0 Å². The van der Waals surface area contributed by atoms with Crippen molar-refractivity contribution in [2.75, 3.05) is 13.1 Å². The van der Waals surface area contributed by atoms with E-state index in [1.165, 1.54) is 0 Å². The van der Waals surface area contributed by atoms with Crippen LogP contribution in [0.3, 0.4) is 0 Å². The lowest BCUT2D eigenvalue weighted by atomic mass is 9.77. The van der Waals surface area contributed by atoms with Gasteiger partial charge in [0.05, 0.1) is 31.0 Å². The first kappa shape index (κ1) is 18.9. The molecular weight excluding hydrogens is 408 g/mol. The van der Waals surface area contributed by atoms with Crippen molar-refractivity contribution in [1.29, 1.82) is 0 Å². The van der Waals surface area contributed by atoms with Gasteiger partial charge in [-0.25, -0.2) is 0 Å². The van der Waals surface area contributed by atoms with Gasteiger partial charge in [-0.05, 0) is 35.6 Å². The molecular formula is C22H21ClN2O3S. The van der Waals surface area contributed by atoms with Crippen LogP contribution in [-0.4, -0.2) is 41.5 Å². The quantitative estimate of drug-likeness (QED) is 0.719. The van der Waals surface area contributed by atoms with Gasteiger partial charge in [0.1, 0.15) is 5.60 Å². The Morgan fingerprint density at radius 2 is 2.14 bits per heavy atom. The minimum atomic E-state index is -0.656. The van der Waals surface area contributed by atoms with Crippen LogP contribution in [0.15, 0.2) is 53.9 Å². The molecule has 0 saturated carbocycles. The Hall–Kier alpha value is -2.15. The first-order valence-electron chi connectivity index (χ1n) is 9.76. The van der Waals surface area contributed by atoms with E-state index >= 15 is 0 Å². The van der Waals surface area contributed by atoms with Crippen LogP contribution in [0, 0.1) is 11.8 Å². The molecule has 2 amide bonds. The lowest BCUT2D eigenvalue weighted by Crippen LogP contribution is -2.44. The van der Waals surface area contributed by atoms with Gasteiger partial charge < -0.3 is 15.0 Å². The molecule has 7 heteroatoms. The molecule has 3 aliphatic rings. The van der Waals surface area contributed by atoms with Crippen molar-refractivity contribution < 1.29 is 14.3 Å². The second-order valence-corrected chi connectivity index (χ2v) is 9.31. The lowest BCUT2D eigenvalue weighted by molar-refractivity contribution is -0.137. The molecule has 0 unspecified atom stereocenters. The van der Waals surface area contributed by atoms with Crippen molar-refractivity contribution in [3.63, 3.8) is 0 Å². The largest absolute Gasteiger partial charge is 0.360 e. The summed E-state index contributed by atoms with van der Waals surface area (Å²) in [6.07, 6.45) is 4.34. The zero-order valence-electron chi connectivity index (χ0n) is 15.7. The summed E-state index contributed by atoms with van der Waals surface area (Å²) in [7, 11) is 0. The van der Waals surface area contributed by atoms with E-state index < -0.39 is 17.4 Å². The number of nitrogens with one attached hydrogen (secondary N) is 1. The summed E-state index contributed by atoms with van der Waals surface area (Å²) in [5.41, 5.74) is 0.450. The van der Waals surface area contributed by atoms with Gasteiger partial charge in [0.25, 0.3) is 0 Å². The molecule has 0 radical (unpaired) electrons. The van der Waals surface area contributed by atoms with Crippen molar-refractivity contribution in [3.05, 3.63) is 69.4 Å². The summed E-state index contributed by atoms with van der Waals surface area (Å²) in [5.74, 6) is -0.992. The van der Waals surface area contributed by atoms with E-state index in [-0.39, 0.29) is 17.9 Å². The molecule has 1 N–H and O–H groups in total. The van der Waals surface area contributed by atoms with Gasteiger partial charge >= 0.3 is 0 Å². The second-order valence-electron chi connectivity index (χ2n) is 7.84. The smallest absolute Gasteiger partial charge is 0.230 e. The molecule has 2 saturated heterocycles. The number of halogens is 1. The average Bonchev–Trinajstić information content (AvgIpc) is 3.47. The summed E-state index contributed by atoms with van der Waals surface area (Å²) in [6.45, 7) is 1.59. The van der Waals surface area contributed by atoms with Crippen molar-refractivity contribution in [1.82, 2.24) is 10.2 Å². The van der Waals surface area contributed by atoms with Crippen LogP contribution in [0.1, 0.15) is 10.4 Å². The zero-order chi connectivity index (χ0) is 20.0. The van der Waals surface area contributed by atoms with E-state index in [0.717, 1.165) is 10.4 Å². The minimum Gasteiger partial charge on any atom is -0.360 e. The number of thiophene rings is 1. The third-order valence-electron chi connectivity index (χ3n) is 6.03. The molecule has 3 aliphatic heterocycles. The fraction of sp³-hybridized carbons (Fsp3) is 0.364. The topological polar surface area (TPSA) is 58.6 Å². The lowest BCUT2D eigenvalue weighted by Gasteiger charge is -2.23. The number of carbonyl (C=O) groups is 2. The molecule has 2 bridgehead atoms. The Morgan fingerprint density at radius 3 is 2.90 bits per heavy atom. The number of hydrogen-bond donors (Lipinski definition) is 1. The number of carbonyl (C=O) groups excluding carboxylic acids is 2. The normalized spacial score (nSPS) is 29.5. The highest BCUT2D eigenvalue weighted by Crippen LogP contribution is 2.52. The monoisotopic (exact) mass is 428 g/mol. The Kier molecular flexibility index (Phi) is 4.73. The van der Waals surface area contributed by atoms with Gasteiger partial charge in [-0.1, -0.05) is 42.0 Å². The zero-order valence-corrected chi connectivity index (χ0v) is 17.3. The highest BCUT2D eigenvalue weighted by molar-refractivity contribution is 7.09. The predicted octanol–water partition coefficient (Wildman–Crippen LogP) is 3.04. The van der Waals surface area contributed by atoms with Gasteiger partial charge in [0, 0.05) is 16.4 Å². The number of benzene rings is 1. The number of rotatable bonds is 6. The van der Waals surface area contributed by atoms with Crippen LogP contribution in [-0.2, 0) is 27.3 Å². The predicted molar refractivity (Wildman–Crippen MR) is 112 cm³/mol. The van der Waals surface area contributed by atoms with Crippen molar-refractivity contribution >= 4 is 34.8 Å². The highest BCUT2D eigenvalue weighted by atomic mass is 35.5. The Labute approximate surface area is 178 Å². The van der Waals surface area contributed by atoms with E-state index in [4.69, 9.17) is 16.3 Å². The molecule has 150 valence electrons. The maximum Gasteiger partial charge on any atom is 0.230 e. The summed E-state index contributed by atoms with van der Waals surface area (Å²) in [6, 6.07) is 11.6. The SMILES string of the molecule is O=C(NCCc1ccc(Cl)cc1)[C@H]1[C@H]2C=C[C@]3(CN(Cc4cccs4)C(=O)[C@@H]13)O2. The van der Waals surface area contributed by atoms with Gasteiger partial charge in [0.2, 0.25) is 11.8 Å². The molecule has 0 aliphatic carbocycles. The molecule has 2 aromatic rings. The minimum absolute atomic E-state index is 0.0168. The van der Waals surface area contributed by atoms with E-state index in [0.29, 0.717) is 31.1 Å².